The fourth-order valence-corrected chi connectivity index (χ4v) is 2.08. The Balaban J connectivity index is 3.04. The Morgan fingerprint density at radius 2 is 2.00 bits per heavy atom. The van der Waals surface area contributed by atoms with Crippen LogP contribution in [-0.2, 0) is 20.5 Å². The molecule has 1 aromatic carbocycles. The van der Waals surface area contributed by atoms with Crippen molar-refractivity contribution in [2.24, 2.45) is 0 Å². The van der Waals surface area contributed by atoms with E-state index in [0.29, 0.717) is 18.6 Å². The van der Waals surface area contributed by atoms with E-state index in [4.69, 9.17) is 0 Å². The molecule has 0 aliphatic heterocycles. The van der Waals surface area contributed by atoms with E-state index < -0.39 is 38.5 Å². The summed E-state index contributed by atoms with van der Waals surface area (Å²) in [5.41, 5.74) is -2.04. The number of hydrogen-bond acceptors (Lipinski definition) is 6. The SMILES string of the molecule is CCC(COS(C)(=O)=O)Nc1ccc(C(F)(F)F)cc1[N+](=O)[O-]. The van der Waals surface area contributed by atoms with Gasteiger partial charge in [0, 0.05) is 6.07 Å². The Morgan fingerprint density at radius 1 is 1.39 bits per heavy atom. The zero-order chi connectivity index (χ0) is 17.8. The fourth-order valence-electron chi connectivity index (χ4n) is 1.67. The van der Waals surface area contributed by atoms with Crippen molar-refractivity contribution in [3.8, 4) is 0 Å². The van der Waals surface area contributed by atoms with E-state index in [0.717, 1.165) is 12.3 Å². The van der Waals surface area contributed by atoms with Gasteiger partial charge in [0.25, 0.3) is 15.8 Å². The molecule has 1 aromatic rings. The minimum atomic E-state index is -4.70. The molecule has 0 saturated carbocycles. The number of rotatable bonds is 7. The van der Waals surface area contributed by atoms with Crippen LogP contribution in [0.1, 0.15) is 18.9 Å². The lowest BCUT2D eigenvalue weighted by Crippen LogP contribution is -2.26. The first-order chi connectivity index (χ1) is 10.4. The van der Waals surface area contributed by atoms with Gasteiger partial charge in [-0.15, -0.1) is 0 Å². The number of nitrogens with zero attached hydrogens (tertiary/aromatic N) is 1. The Morgan fingerprint density at radius 3 is 2.43 bits per heavy atom. The number of nitrogens with one attached hydrogen (secondary N) is 1. The summed E-state index contributed by atoms with van der Waals surface area (Å²) in [7, 11) is -3.70. The first-order valence-corrected chi connectivity index (χ1v) is 8.22. The van der Waals surface area contributed by atoms with E-state index in [1.165, 1.54) is 0 Å². The van der Waals surface area contributed by atoms with Crippen LogP contribution < -0.4 is 5.32 Å². The van der Waals surface area contributed by atoms with Crippen molar-refractivity contribution in [3.05, 3.63) is 33.9 Å². The highest BCUT2D eigenvalue weighted by atomic mass is 32.2. The van der Waals surface area contributed by atoms with Gasteiger partial charge in [0.05, 0.1) is 29.4 Å². The van der Waals surface area contributed by atoms with Crippen LogP contribution in [0.3, 0.4) is 0 Å². The van der Waals surface area contributed by atoms with E-state index in [1.807, 2.05) is 0 Å². The molecule has 23 heavy (non-hydrogen) atoms. The molecule has 1 rings (SSSR count). The van der Waals surface area contributed by atoms with E-state index in [2.05, 4.69) is 9.50 Å². The topological polar surface area (TPSA) is 98.5 Å². The second kappa shape index (κ2) is 7.13. The summed E-state index contributed by atoms with van der Waals surface area (Å²) in [6, 6.07) is 1.44. The first-order valence-electron chi connectivity index (χ1n) is 6.40. The minimum absolute atomic E-state index is 0.146. The molecule has 7 nitrogen and oxygen atoms in total. The van der Waals surface area contributed by atoms with Crippen LogP contribution >= 0.6 is 0 Å². The highest BCUT2D eigenvalue weighted by Gasteiger charge is 2.33. The molecule has 0 fully saturated rings. The average molecular weight is 356 g/mol. The van der Waals surface area contributed by atoms with E-state index in [1.54, 1.807) is 6.92 Å². The quantitative estimate of drug-likeness (QED) is 0.458. The molecular formula is C12H15F3N2O5S. The molecule has 0 heterocycles. The van der Waals surface area contributed by atoms with Crippen molar-refractivity contribution in [1.29, 1.82) is 0 Å². The van der Waals surface area contributed by atoms with Gasteiger partial charge in [-0.1, -0.05) is 6.92 Å². The highest BCUT2D eigenvalue weighted by molar-refractivity contribution is 7.85. The third-order valence-electron chi connectivity index (χ3n) is 2.86. The van der Waals surface area contributed by atoms with E-state index >= 15 is 0 Å². The van der Waals surface area contributed by atoms with Crippen LogP contribution in [0.2, 0.25) is 0 Å². The predicted octanol–water partition coefficient (Wildman–Crippen LogP) is 2.78. The minimum Gasteiger partial charge on any atom is -0.374 e. The molecule has 0 radical (unpaired) electrons. The van der Waals surface area contributed by atoms with Crippen LogP contribution in [0, 0.1) is 10.1 Å². The van der Waals surface area contributed by atoms with Crippen molar-refractivity contribution >= 4 is 21.5 Å². The maximum atomic E-state index is 12.6. The van der Waals surface area contributed by atoms with Crippen molar-refractivity contribution in [2.45, 2.75) is 25.6 Å². The van der Waals surface area contributed by atoms with Gasteiger partial charge < -0.3 is 5.32 Å². The second-order valence-electron chi connectivity index (χ2n) is 4.72. The largest absolute Gasteiger partial charge is 0.416 e. The number of nitro benzene ring substituents is 1. The van der Waals surface area contributed by atoms with Crippen LogP contribution in [0.15, 0.2) is 18.2 Å². The molecule has 0 aromatic heterocycles. The van der Waals surface area contributed by atoms with E-state index in [-0.39, 0.29) is 12.3 Å². The molecule has 0 saturated heterocycles. The normalized spacial score (nSPS) is 13.6. The van der Waals surface area contributed by atoms with Gasteiger partial charge in [0.2, 0.25) is 0 Å². The molecule has 0 bridgehead atoms. The summed E-state index contributed by atoms with van der Waals surface area (Å²) in [6.07, 6.45) is -3.51. The first kappa shape index (κ1) is 19.2. The fraction of sp³-hybridized carbons (Fsp3) is 0.500. The van der Waals surface area contributed by atoms with Gasteiger partial charge in [-0.25, -0.2) is 0 Å². The van der Waals surface area contributed by atoms with Crippen molar-refractivity contribution in [3.63, 3.8) is 0 Å². The smallest absolute Gasteiger partial charge is 0.374 e. The van der Waals surface area contributed by atoms with Gasteiger partial charge in [-0.05, 0) is 18.6 Å². The number of hydrogen-bond donors (Lipinski definition) is 1. The molecule has 1 N–H and O–H groups in total. The molecular weight excluding hydrogens is 341 g/mol. The summed E-state index contributed by atoms with van der Waals surface area (Å²) in [6.45, 7) is 1.37. The van der Waals surface area contributed by atoms with Crippen LogP contribution in [-0.4, -0.2) is 32.2 Å². The molecule has 0 aliphatic carbocycles. The highest BCUT2D eigenvalue weighted by Crippen LogP contribution is 2.35. The zero-order valence-electron chi connectivity index (χ0n) is 12.3. The van der Waals surface area contributed by atoms with Gasteiger partial charge in [0.1, 0.15) is 5.69 Å². The Kier molecular flexibility index (Phi) is 5.94. The van der Waals surface area contributed by atoms with Crippen molar-refractivity contribution in [1.82, 2.24) is 0 Å². The molecule has 0 aliphatic rings. The Hall–Kier alpha value is -1.88. The molecule has 0 amide bonds. The standard InChI is InChI=1S/C12H15F3N2O5S/c1-3-9(7-22-23(2,20)21)16-10-5-4-8(12(13,14)15)6-11(10)17(18)19/h4-6,9,16H,3,7H2,1-2H3. The number of alkyl halides is 3. The second-order valence-corrected chi connectivity index (χ2v) is 6.37. The number of nitro groups is 1. The number of benzene rings is 1. The summed E-state index contributed by atoms with van der Waals surface area (Å²) < 4.78 is 64.3. The van der Waals surface area contributed by atoms with Gasteiger partial charge in [0.15, 0.2) is 0 Å². The van der Waals surface area contributed by atoms with Crippen LogP contribution in [0.5, 0.6) is 0 Å². The van der Waals surface area contributed by atoms with Crippen molar-refractivity contribution in [2.75, 3.05) is 18.2 Å². The predicted molar refractivity (Wildman–Crippen MR) is 76.6 cm³/mol. The van der Waals surface area contributed by atoms with Gasteiger partial charge in [-0.2, -0.15) is 21.6 Å². The summed E-state index contributed by atoms with van der Waals surface area (Å²) in [4.78, 5) is 10.0. The van der Waals surface area contributed by atoms with Crippen molar-refractivity contribution < 1.29 is 30.7 Å². The summed E-state index contributed by atoms with van der Waals surface area (Å²) >= 11 is 0. The third kappa shape index (κ3) is 6.02. The molecule has 1 atom stereocenters. The van der Waals surface area contributed by atoms with Gasteiger partial charge >= 0.3 is 6.18 Å². The molecule has 0 spiro atoms. The third-order valence-corrected chi connectivity index (χ3v) is 3.42. The lowest BCUT2D eigenvalue weighted by molar-refractivity contribution is -0.384. The van der Waals surface area contributed by atoms with Crippen LogP contribution in [0.4, 0.5) is 24.5 Å². The lowest BCUT2D eigenvalue weighted by atomic mass is 10.1. The maximum absolute atomic E-state index is 12.6. The molecule has 130 valence electrons. The number of halogens is 3. The lowest BCUT2D eigenvalue weighted by Gasteiger charge is -2.18. The monoisotopic (exact) mass is 356 g/mol. The van der Waals surface area contributed by atoms with Gasteiger partial charge in [-0.3, -0.25) is 14.3 Å². The molecule has 11 heteroatoms. The maximum Gasteiger partial charge on any atom is 0.416 e. The summed E-state index contributed by atoms with van der Waals surface area (Å²) in [5, 5.41) is 13.6. The van der Waals surface area contributed by atoms with E-state index in [9.17, 15) is 31.7 Å². The Bertz CT molecular complexity index is 676. The van der Waals surface area contributed by atoms with Crippen LogP contribution in [0.25, 0.3) is 0 Å². The Labute approximate surface area is 130 Å². The summed E-state index contributed by atoms with van der Waals surface area (Å²) in [5.74, 6) is 0. The number of anilines is 1. The molecule has 1 unspecified atom stereocenters. The zero-order valence-corrected chi connectivity index (χ0v) is 13.1. The average Bonchev–Trinajstić information content (AvgIpc) is 2.41.